The lowest BCUT2D eigenvalue weighted by Crippen LogP contribution is -1.89. The van der Waals surface area contributed by atoms with Crippen molar-refractivity contribution in [1.82, 2.24) is 30.8 Å². The summed E-state index contributed by atoms with van der Waals surface area (Å²) >= 11 is 0. The van der Waals surface area contributed by atoms with Crippen LogP contribution >= 0.6 is 0 Å². The lowest BCUT2D eigenvalue weighted by atomic mass is 9.97. The fraction of sp³-hybridized carbons (Fsp3) is 0.0435. The third-order valence-corrected chi connectivity index (χ3v) is 4.81. The van der Waals surface area contributed by atoms with E-state index in [9.17, 15) is 0 Å². The van der Waals surface area contributed by atoms with Crippen molar-refractivity contribution in [3.8, 4) is 45.0 Å². The molecule has 0 aliphatic carbocycles. The van der Waals surface area contributed by atoms with Crippen molar-refractivity contribution in [2.45, 2.75) is 6.92 Å². The van der Waals surface area contributed by atoms with Gasteiger partial charge in [0.25, 0.3) is 0 Å². The molecule has 6 heteroatoms. The van der Waals surface area contributed by atoms with Crippen LogP contribution in [0, 0.1) is 6.92 Å². The van der Waals surface area contributed by atoms with E-state index in [0.29, 0.717) is 0 Å². The van der Waals surface area contributed by atoms with Crippen LogP contribution in [-0.2, 0) is 0 Å². The van der Waals surface area contributed by atoms with Crippen molar-refractivity contribution in [3.05, 3.63) is 84.4 Å². The van der Waals surface area contributed by atoms with Crippen molar-refractivity contribution in [3.63, 3.8) is 0 Å². The number of nitrogens with one attached hydrogen (secondary N) is 2. The average Bonchev–Trinajstić information content (AvgIpc) is 3.44. The Bertz CT molecular complexity index is 1160. The topological polar surface area (TPSA) is 83.1 Å². The van der Waals surface area contributed by atoms with Crippen molar-refractivity contribution in [2.24, 2.45) is 0 Å². The van der Waals surface area contributed by atoms with E-state index in [1.165, 1.54) is 0 Å². The van der Waals surface area contributed by atoms with Crippen LogP contribution in [-0.4, -0.2) is 30.8 Å². The summed E-state index contributed by atoms with van der Waals surface area (Å²) in [5.41, 5.74) is 8.38. The van der Waals surface area contributed by atoms with Gasteiger partial charge >= 0.3 is 0 Å². The standard InChI is InChI=1S/C23H18N6/c1-15-12-18(22-20(24-28-26-22)16-8-4-2-5-9-16)14-19(13-15)23-21(25-29-27-23)17-10-6-3-7-11-17/h2-14H,1H3,(H,24,26,28)(H,25,27,29). The van der Waals surface area contributed by atoms with Crippen molar-refractivity contribution < 1.29 is 0 Å². The van der Waals surface area contributed by atoms with Crippen LogP contribution in [0.4, 0.5) is 0 Å². The van der Waals surface area contributed by atoms with E-state index in [0.717, 1.165) is 50.6 Å². The van der Waals surface area contributed by atoms with Crippen LogP contribution in [0.25, 0.3) is 45.0 Å². The van der Waals surface area contributed by atoms with Gasteiger partial charge in [-0.2, -0.15) is 30.8 Å². The van der Waals surface area contributed by atoms with Gasteiger partial charge in [-0.3, -0.25) is 0 Å². The number of H-pyrrole nitrogens is 2. The maximum Gasteiger partial charge on any atom is 0.120 e. The summed E-state index contributed by atoms with van der Waals surface area (Å²) in [5.74, 6) is 0. The van der Waals surface area contributed by atoms with E-state index in [-0.39, 0.29) is 0 Å². The molecule has 0 aliphatic heterocycles. The van der Waals surface area contributed by atoms with E-state index < -0.39 is 0 Å². The fourth-order valence-corrected chi connectivity index (χ4v) is 3.52. The van der Waals surface area contributed by atoms with E-state index >= 15 is 0 Å². The molecule has 0 amide bonds. The number of nitrogens with zero attached hydrogens (tertiary/aromatic N) is 4. The zero-order valence-corrected chi connectivity index (χ0v) is 15.8. The van der Waals surface area contributed by atoms with Crippen molar-refractivity contribution in [2.75, 3.05) is 0 Å². The van der Waals surface area contributed by atoms with E-state index in [2.05, 4.69) is 55.9 Å². The quantitative estimate of drug-likeness (QED) is 0.466. The molecule has 6 nitrogen and oxygen atoms in total. The highest BCUT2D eigenvalue weighted by atomic mass is 15.3. The van der Waals surface area contributed by atoms with Gasteiger partial charge in [0.2, 0.25) is 0 Å². The molecule has 5 rings (SSSR count). The van der Waals surface area contributed by atoms with Crippen LogP contribution in [0.15, 0.2) is 78.9 Å². The molecule has 0 saturated carbocycles. The Morgan fingerprint density at radius 2 is 0.862 bits per heavy atom. The Hall–Kier alpha value is -4.06. The molecule has 0 bridgehead atoms. The number of rotatable bonds is 4. The molecule has 2 N–H and O–H groups in total. The minimum absolute atomic E-state index is 0.811. The number of aromatic nitrogens is 6. The second kappa shape index (κ2) is 7.16. The maximum atomic E-state index is 4.43. The normalized spacial score (nSPS) is 10.9. The molecule has 2 heterocycles. The minimum Gasteiger partial charge on any atom is -0.197 e. The molecule has 3 aromatic carbocycles. The highest BCUT2D eigenvalue weighted by molar-refractivity contribution is 5.83. The van der Waals surface area contributed by atoms with Gasteiger partial charge in [-0.15, -0.1) is 0 Å². The molecule has 5 aromatic rings. The number of hydrogen-bond donors (Lipinski definition) is 2. The first-order chi connectivity index (χ1) is 14.3. The Balaban J connectivity index is 1.63. The third kappa shape index (κ3) is 3.21. The summed E-state index contributed by atoms with van der Waals surface area (Å²) in [7, 11) is 0. The Labute approximate surface area is 167 Å². The van der Waals surface area contributed by atoms with Gasteiger partial charge < -0.3 is 0 Å². The first kappa shape index (κ1) is 17.1. The average molecular weight is 378 g/mol. The lowest BCUT2D eigenvalue weighted by Gasteiger charge is -2.07. The number of benzene rings is 3. The second-order valence-corrected chi connectivity index (χ2v) is 6.86. The van der Waals surface area contributed by atoms with Gasteiger partial charge in [-0.25, -0.2) is 0 Å². The molecule has 0 fully saturated rings. The molecule has 0 saturated heterocycles. The monoisotopic (exact) mass is 378 g/mol. The van der Waals surface area contributed by atoms with Gasteiger partial charge in [-0.05, 0) is 30.7 Å². The molecule has 0 aliphatic rings. The molecule has 0 radical (unpaired) electrons. The molecule has 0 atom stereocenters. The zero-order valence-electron chi connectivity index (χ0n) is 15.8. The van der Waals surface area contributed by atoms with Crippen LogP contribution < -0.4 is 0 Å². The van der Waals surface area contributed by atoms with Gasteiger partial charge in [0.05, 0.1) is 0 Å². The lowest BCUT2D eigenvalue weighted by molar-refractivity contribution is 0.943. The molecule has 0 unspecified atom stereocenters. The highest BCUT2D eigenvalue weighted by Crippen LogP contribution is 2.34. The summed E-state index contributed by atoms with van der Waals surface area (Å²) < 4.78 is 0. The Morgan fingerprint density at radius 3 is 1.28 bits per heavy atom. The van der Waals surface area contributed by atoms with E-state index in [1.807, 2.05) is 60.7 Å². The molecular weight excluding hydrogens is 360 g/mol. The smallest absolute Gasteiger partial charge is 0.120 e. The highest BCUT2D eigenvalue weighted by Gasteiger charge is 2.17. The summed E-state index contributed by atoms with van der Waals surface area (Å²) in [5, 5.41) is 23.2. The zero-order chi connectivity index (χ0) is 19.6. The van der Waals surface area contributed by atoms with Gasteiger partial charge in [0, 0.05) is 22.3 Å². The summed E-state index contributed by atoms with van der Waals surface area (Å²) in [6.07, 6.45) is 0. The maximum absolute atomic E-state index is 4.43. The summed E-state index contributed by atoms with van der Waals surface area (Å²) in [6, 6.07) is 26.4. The van der Waals surface area contributed by atoms with Crippen LogP contribution in [0.1, 0.15) is 5.56 Å². The fourth-order valence-electron chi connectivity index (χ4n) is 3.52. The predicted molar refractivity (Wildman–Crippen MR) is 113 cm³/mol. The number of aryl methyl sites for hydroxylation is 1. The number of hydrogen-bond acceptors (Lipinski definition) is 4. The largest absolute Gasteiger partial charge is 0.197 e. The van der Waals surface area contributed by atoms with Gasteiger partial charge in [0.15, 0.2) is 0 Å². The third-order valence-electron chi connectivity index (χ3n) is 4.81. The van der Waals surface area contributed by atoms with Crippen LogP contribution in [0.5, 0.6) is 0 Å². The minimum atomic E-state index is 0.811. The molecule has 2 aromatic heterocycles. The molecule has 140 valence electrons. The molecular formula is C23H18N6. The van der Waals surface area contributed by atoms with Crippen molar-refractivity contribution in [1.29, 1.82) is 0 Å². The van der Waals surface area contributed by atoms with E-state index in [4.69, 9.17) is 0 Å². The SMILES string of the molecule is Cc1cc(-c2n[nH]nc2-c2ccccc2)cc(-c2n[nH]nc2-c2ccccc2)c1. The van der Waals surface area contributed by atoms with E-state index in [1.54, 1.807) is 0 Å². The molecule has 0 spiro atoms. The second-order valence-electron chi connectivity index (χ2n) is 6.86. The Kier molecular flexibility index (Phi) is 4.22. The first-order valence-electron chi connectivity index (χ1n) is 9.34. The first-order valence-corrected chi connectivity index (χ1v) is 9.34. The predicted octanol–water partition coefficient (Wildman–Crippen LogP) is 4.90. The van der Waals surface area contributed by atoms with Crippen molar-refractivity contribution >= 4 is 0 Å². The number of aromatic amines is 2. The summed E-state index contributed by atoms with van der Waals surface area (Å²) in [6.45, 7) is 2.07. The van der Waals surface area contributed by atoms with Gasteiger partial charge in [-0.1, -0.05) is 60.7 Å². The van der Waals surface area contributed by atoms with Crippen LogP contribution in [0.3, 0.4) is 0 Å². The Morgan fingerprint density at radius 1 is 0.483 bits per heavy atom. The molecule has 29 heavy (non-hydrogen) atoms. The van der Waals surface area contributed by atoms with Gasteiger partial charge in [0.1, 0.15) is 22.8 Å². The summed E-state index contributed by atoms with van der Waals surface area (Å²) in [4.78, 5) is 0. The van der Waals surface area contributed by atoms with Crippen LogP contribution in [0.2, 0.25) is 0 Å².